The molecular weight excluding hydrogens is 228 g/mol. The number of hydrogen-bond donors (Lipinski definition) is 0. The van der Waals surface area contributed by atoms with Crippen molar-refractivity contribution in [3.8, 4) is 0 Å². The number of carbonyl (C=O) groups excluding carboxylic acids is 1. The van der Waals surface area contributed by atoms with Crippen LogP contribution in [0.2, 0.25) is 5.02 Å². The number of Topliss-reactive ketones (excluding diaryl/α,β-unsaturated/α-hetero) is 1. The fourth-order valence-corrected chi connectivity index (χ4v) is 2.23. The highest BCUT2D eigenvalue weighted by Gasteiger charge is 2.07. The molecule has 1 aromatic carbocycles. The largest absolute Gasteiger partial charge is 0.294 e. The molecule has 0 saturated carbocycles. The predicted molar refractivity (Wildman–Crippen MR) is 63.8 cm³/mol. The van der Waals surface area contributed by atoms with Gasteiger partial charge in [0.25, 0.3) is 0 Å². The van der Waals surface area contributed by atoms with Crippen LogP contribution in [0, 0.1) is 0 Å². The van der Waals surface area contributed by atoms with E-state index in [0.29, 0.717) is 11.4 Å². The summed E-state index contributed by atoms with van der Waals surface area (Å²) in [5, 5.41) is 4.45. The zero-order chi connectivity index (χ0) is 10.7. The van der Waals surface area contributed by atoms with Crippen molar-refractivity contribution in [3.63, 3.8) is 0 Å². The van der Waals surface area contributed by atoms with Crippen molar-refractivity contribution in [3.05, 3.63) is 57.2 Å². The molecule has 0 bridgehead atoms. The van der Waals surface area contributed by atoms with E-state index in [1.165, 1.54) is 11.3 Å². The fourth-order valence-electron chi connectivity index (χ4n) is 1.36. The summed E-state index contributed by atoms with van der Waals surface area (Å²) in [6.45, 7) is 0. The van der Waals surface area contributed by atoms with Gasteiger partial charge in [0.15, 0.2) is 5.78 Å². The van der Waals surface area contributed by atoms with Crippen LogP contribution in [0.25, 0.3) is 0 Å². The second-order valence-electron chi connectivity index (χ2n) is 3.24. The second kappa shape index (κ2) is 4.60. The van der Waals surface area contributed by atoms with E-state index in [-0.39, 0.29) is 5.78 Å². The molecule has 1 aromatic heterocycles. The number of benzene rings is 1. The van der Waals surface area contributed by atoms with Crippen LogP contribution in [0.3, 0.4) is 0 Å². The lowest BCUT2D eigenvalue weighted by Crippen LogP contribution is -2.01. The van der Waals surface area contributed by atoms with Gasteiger partial charge in [-0.15, -0.1) is 0 Å². The summed E-state index contributed by atoms with van der Waals surface area (Å²) in [4.78, 5) is 11.8. The van der Waals surface area contributed by atoms with Gasteiger partial charge in [-0.2, -0.15) is 11.3 Å². The maximum Gasteiger partial charge on any atom is 0.168 e. The van der Waals surface area contributed by atoms with Crippen LogP contribution >= 0.6 is 22.9 Å². The molecule has 0 N–H and O–H groups in total. The lowest BCUT2D eigenvalue weighted by Gasteiger charge is -1.99. The summed E-state index contributed by atoms with van der Waals surface area (Å²) < 4.78 is 0. The van der Waals surface area contributed by atoms with Gasteiger partial charge in [0.2, 0.25) is 0 Å². The topological polar surface area (TPSA) is 17.1 Å². The molecule has 15 heavy (non-hydrogen) atoms. The predicted octanol–water partition coefficient (Wildman–Crippen LogP) is 3.83. The minimum atomic E-state index is 0.138. The van der Waals surface area contributed by atoms with Crippen LogP contribution in [0.5, 0.6) is 0 Å². The standard InChI is InChI=1S/C12H9ClOS/c13-11-3-1-2-9(6-11)7-12(14)10-4-5-15-8-10/h1-6,8H,7H2. The van der Waals surface area contributed by atoms with Gasteiger partial charge >= 0.3 is 0 Å². The van der Waals surface area contributed by atoms with Gasteiger partial charge in [-0.25, -0.2) is 0 Å². The van der Waals surface area contributed by atoms with Gasteiger partial charge in [0, 0.05) is 22.4 Å². The van der Waals surface area contributed by atoms with Crippen molar-refractivity contribution in [2.75, 3.05) is 0 Å². The summed E-state index contributed by atoms with van der Waals surface area (Å²) in [5.74, 6) is 0.138. The van der Waals surface area contributed by atoms with Crippen LogP contribution in [-0.4, -0.2) is 5.78 Å². The molecule has 0 fully saturated rings. The number of ketones is 1. The molecule has 0 aliphatic carbocycles. The van der Waals surface area contributed by atoms with Gasteiger partial charge in [-0.1, -0.05) is 23.7 Å². The molecule has 0 atom stereocenters. The molecule has 1 nitrogen and oxygen atoms in total. The Morgan fingerprint density at radius 2 is 2.20 bits per heavy atom. The van der Waals surface area contributed by atoms with E-state index in [4.69, 9.17) is 11.6 Å². The molecule has 2 rings (SSSR count). The van der Waals surface area contributed by atoms with Crippen LogP contribution in [0.1, 0.15) is 15.9 Å². The first-order valence-corrected chi connectivity index (χ1v) is 5.87. The third kappa shape index (κ3) is 2.67. The van der Waals surface area contributed by atoms with Crippen molar-refractivity contribution in [1.29, 1.82) is 0 Å². The smallest absolute Gasteiger partial charge is 0.168 e. The Kier molecular flexibility index (Phi) is 3.19. The minimum Gasteiger partial charge on any atom is -0.294 e. The first kappa shape index (κ1) is 10.4. The number of carbonyl (C=O) groups is 1. The van der Waals surface area contributed by atoms with Gasteiger partial charge < -0.3 is 0 Å². The number of rotatable bonds is 3. The molecule has 76 valence electrons. The van der Waals surface area contributed by atoms with Crippen molar-refractivity contribution >= 4 is 28.7 Å². The third-order valence-electron chi connectivity index (χ3n) is 2.10. The zero-order valence-electron chi connectivity index (χ0n) is 7.94. The SMILES string of the molecule is O=C(Cc1cccc(Cl)c1)c1ccsc1. The molecule has 3 heteroatoms. The van der Waals surface area contributed by atoms with Gasteiger partial charge in [-0.05, 0) is 29.1 Å². The minimum absolute atomic E-state index is 0.138. The van der Waals surface area contributed by atoms with E-state index in [0.717, 1.165) is 11.1 Å². The van der Waals surface area contributed by atoms with E-state index in [1.54, 1.807) is 6.07 Å². The molecule has 2 aromatic rings. The molecular formula is C12H9ClOS. The van der Waals surface area contributed by atoms with E-state index in [2.05, 4.69) is 0 Å². The zero-order valence-corrected chi connectivity index (χ0v) is 9.52. The maximum atomic E-state index is 11.8. The average molecular weight is 237 g/mol. The summed E-state index contributed by atoms with van der Waals surface area (Å²) >= 11 is 7.38. The molecule has 1 heterocycles. The summed E-state index contributed by atoms with van der Waals surface area (Å²) in [5.41, 5.74) is 1.73. The van der Waals surface area contributed by atoms with Crippen LogP contribution in [0.15, 0.2) is 41.1 Å². The molecule has 0 aliphatic rings. The van der Waals surface area contributed by atoms with E-state index in [1.807, 2.05) is 35.0 Å². The van der Waals surface area contributed by atoms with Crippen LogP contribution in [-0.2, 0) is 6.42 Å². The van der Waals surface area contributed by atoms with Gasteiger partial charge in [0.05, 0.1) is 0 Å². The maximum absolute atomic E-state index is 11.8. The van der Waals surface area contributed by atoms with Crippen LogP contribution < -0.4 is 0 Å². The van der Waals surface area contributed by atoms with E-state index in [9.17, 15) is 4.79 Å². The van der Waals surface area contributed by atoms with Gasteiger partial charge in [0.1, 0.15) is 0 Å². The highest BCUT2D eigenvalue weighted by atomic mass is 35.5. The Morgan fingerprint density at radius 1 is 1.33 bits per heavy atom. The second-order valence-corrected chi connectivity index (χ2v) is 4.46. The Labute approximate surface area is 97.3 Å². The number of hydrogen-bond acceptors (Lipinski definition) is 2. The molecule has 0 spiro atoms. The van der Waals surface area contributed by atoms with Crippen molar-refractivity contribution in [2.45, 2.75) is 6.42 Å². The Hall–Kier alpha value is -1.12. The fraction of sp³-hybridized carbons (Fsp3) is 0.0833. The third-order valence-corrected chi connectivity index (χ3v) is 3.02. The highest BCUT2D eigenvalue weighted by Crippen LogP contribution is 2.14. The van der Waals surface area contributed by atoms with Crippen molar-refractivity contribution < 1.29 is 4.79 Å². The summed E-state index contributed by atoms with van der Waals surface area (Å²) in [7, 11) is 0. The van der Waals surface area contributed by atoms with Gasteiger partial charge in [-0.3, -0.25) is 4.79 Å². The first-order valence-electron chi connectivity index (χ1n) is 4.55. The molecule has 0 radical (unpaired) electrons. The highest BCUT2D eigenvalue weighted by molar-refractivity contribution is 7.08. The van der Waals surface area contributed by atoms with E-state index < -0.39 is 0 Å². The first-order chi connectivity index (χ1) is 7.25. The summed E-state index contributed by atoms with van der Waals surface area (Å²) in [6, 6.07) is 9.25. The Balaban J connectivity index is 2.13. The normalized spacial score (nSPS) is 10.2. The Bertz CT molecular complexity index is 462. The quantitative estimate of drug-likeness (QED) is 0.741. The average Bonchev–Trinajstić information content (AvgIpc) is 2.70. The molecule has 0 saturated heterocycles. The van der Waals surface area contributed by atoms with Crippen molar-refractivity contribution in [2.24, 2.45) is 0 Å². The Morgan fingerprint density at radius 3 is 2.87 bits per heavy atom. The van der Waals surface area contributed by atoms with Crippen LogP contribution in [0.4, 0.5) is 0 Å². The lowest BCUT2D eigenvalue weighted by atomic mass is 10.1. The monoisotopic (exact) mass is 236 g/mol. The van der Waals surface area contributed by atoms with Crippen molar-refractivity contribution in [1.82, 2.24) is 0 Å². The summed E-state index contributed by atoms with van der Waals surface area (Å²) in [6.07, 6.45) is 0.414. The molecule has 0 amide bonds. The molecule has 0 aliphatic heterocycles. The lowest BCUT2D eigenvalue weighted by molar-refractivity contribution is 0.0993. The van der Waals surface area contributed by atoms with E-state index >= 15 is 0 Å². The number of thiophene rings is 1. The number of halogens is 1. The molecule has 0 unspecified atom stereocenters.